The predicted molar refractivity (Wildman–Crippen MR) is 197 cm³/mol. The Morgan fingerprint density at radius 3 is 1.94 bits per heavy atom. The molecule has 51 heavy (non-hydrogen) atoms. The van der Waals surface area contributed by atoms with Gasteiger partial charge in [-0.1, -0.05) is 109 Å². The summed E-state index contributed by atoms with van der Waals surface area (Å²) in [6.45, 7) is -8.05. The number of hydrogen-bond acceptors (Lipinski definition) is 6. The van der Waals surface area contributed by atoms with Gasteiger partial charge in [-0.2, -0.15) is 0 Å². The summed E-state index contributed by atoms with van der Waals surface area (Å²) < 4.78 is 93.4. The summed E-state index contributed by atoms with van der Waals surface area (Å²) in [5.74, 6) is -3.02. The largest absolute Gasteiger partial charge is 0.450 e. The van der Waals surface area contributed by atoms with E-state index in [0.717, 1.165) is 0 Å². The zero-order valence-electron chi connectivity index (χ0n) is 33.9. The summed E-state index contributed by atoms with van der Waals surface area (Å²) in [6.07, 6.45) is -0.187. The van der Waals surface area contributed by atoms with Crippen LogP contribution in [0.25, 0.3) is 0 Å². The van der Waals surface area contributed by atoms with Crippen LogP contribution in [0.4, 0.5) is 0 Å². The molecule has 0 bridgehead atoms. The third-order valence-corrected chi connectivity index (χ3v) is 10.9. The topological polar surface area (TPSA) is 90.0 Å². The lowest BCUT2D eigenvalue weighted by molar-refractivity contribution is -0.908. The Bertz CT molecular complexity index is 2250. The SMILES string of the molecule is [2H]C([2H])([2H])[N+](Cc1ccccc1)(C[C@@H]1CN(S(=O)(=O)Cc2ccccc2)CC[C@@]1(OC(=O)c1ccccc1)c1cccc(OC(=O)c2ccccc2)c1)C([2H])([2H])[2H]. The number of nitrogens with zero attached hydrogens (tertiary/aromatic N) is 2. The lowest BCUT2D eigenvalue weighted by atomic mass is 9.75. The molecule has 2 atom stereocenters. The van der Waals surface area contributed by atoms with Gasteiger partial charge < -0.3 is 14.0 Å². The molecule has 0 radical (unpaired) electrons. The summed E-state index contributed by atoms with van der Waals surface area (Å²) in [4.78, 5) is 27.4. The van der Waals surface area contributed by atoms with Gasteiger partial charge >= 0.3 is 11.9 Å². The van der Waals surface area contributed by atoms with Crippen LogP contribution in [0.1, 0.15) is 52.1 Å². The standard InChI is InChI=1S/C42H43N2O6S/c1-44(2,30-33-16-7-3-8-17-33)31-38-29-43(51(47,48)32-34-18-9-4-10-19-34)27-26-42(38,50-41(46)36-22-13-6-14-23-36)37-24-15-25-39(28-37)49-40(45)35-20-11-5-12-21-35/h3-25,28,38H,26-27,29-32H2,1-2H3/q+1/t38-,42+/m0/s1/i1D3,2D3. The number of esters is 2. The summed E-state index contributed by atoms with van der Waals surface area (Å²) >= 11 is 0. The number of carbonyl (C=O) groups is 2. The lowest BCUT2D eigenvalue weighted by Gasteiger charge is -2.49. The summed E-state index contributed by atoms with van der Waals surface area (Å²) in [5.41, 5.74) is -0.162. The van der Waals surface area contributed by atoms with E-state index in [2.05, 4.69) is 0 Å². The normalized spacial score (nSPS) is 20.4. The maximum Gasteiger partial charge on any atom is 0.343 e. The molecule has 0 aromatic heterocycles. The monoisotopic (exact) mass is 709 g/mol. The molecule has 1 aliphatic rings. The molecule has 1 fully saturated rings. The molecule has 1 saturated heterocycles. The van der Waals surface area contributed by atoms with E-state index in [4.69, 9.17) is 17.7 Å². The van der Waals surface area contributed by atoms with E-state index in [0.29, 0.717) is 11.1 Å². The first kappa shape index (κ1) is 28.6. The van der Waals surface area contributed by atoms with Crippen LogP contribution in [0, 0.1) is 5.92 Å². The van der Waals surface area contributed by atoms with Crippen molar-refractivity contribution < 1.29 is 40.2 Å². The summed E-state index contributed by atoms with van der Waals surface area (Å²) in [6, 6.07) is 39.5. The fourth-order valence-corrected chi connectivity index (χ4v) is 8.16. The van der Waals surface area contributed by atoms with Crippen molar-refractivity contribution in [3.8, 4) is 5.75 Å². The fourth-order valence-electron chi connectivity index (χ4n) is 6.58. The molecule has 5 aromatic rings. The Kier molecular flexibility index (Phi) is 8.65. The average Bonchev–Trinajstić information content (AvgIpc) is 3.18. The Hall–Kier alpha value is -5.09. The first-order chi connectivity index (χ1) is 27.0. The smallest absolute Gasteiger partial charge is 0.343 e. The van der Waals surface area contributed by atoms with Crippen LogP contribution < -0.4 is 4.74 Å². The molecule has 1 aliphatic heterocycles. The van der Waals surface area contributed by atoms with Crippen molar-refractivity contribution in [3.63, 3.8) is 0 Å². The second-order valence-electron chi connectivity index (χ2n) is 12.8. The van der Waals surface area contributed by atoms with Crippen molar-refractivity contribution in [1.29, 1.82) is 0 Å². The van der Waals surface area contributed by atoms with Crippen molar-refractivity contribution >= 4 is 22.0 Å². The number of rotatable bonds is 12. The molecule has 0 aliphatic carbocycles. The minimum atomic E-state index is -4.09. The highest BCUT2D eigenvalue weighted by Crippen LogP contribution is 2.45. The van der Waals surface area contributed by atoms with Crippen molar-refractivity contribution in [2.75, 3.05) is 33.6 Å². The minimum Gasteiger partial charge on any atom is -0.450 e. The van der Waals surface area contributed by atoms with Crippen LogP contribution in [0.15, 0.2) is 146 Å². The van der Waals surface area contributed by atoms with Crippen molar-refractivity contribution in [1.82, 2.24) is 4.31 Å². The van der Waals surface area contributed by atoms with Gasteiger partial charge in [0.25, 0.3) is 0 Å². The predicted octanol–water partition coefficient (Wildman–Crippen LogP) is 7.09. The number of quaternary nitrogens is 1. The van der Waals surface area contributed by atoms with Crippen molar-refractivity contribution in [2.24, 2.45) is 5.92 Å². The molecule has 0 spiro atoms. The second kappa shape index (κ2) is 15.4. The number of piperidine rings is 1. The molecule has 5 aromatic carbocycles. The highest BCUT2D eigenvalue weighted by Gasteiger charge is 2.52. The minimum absolute atomic E-state index is 0.0750. The van der Waals surface area contributed by atoms with E-state index in [1.165, 1.54) is 16.4 Å². The molecular formula is C42H43N2O6S+. The van der Waals surface area contributed by atoms with Gasteiger partial charge in [-0.15, -0.1) is 0 Å². The highest BCUT2D eigenvalue weighted by atomic mass is 32.2. The van der Waals surface area contributed by atoms with Crippen molar-refractivity contribution in [2.45, 2.75) is 24.3 Å². The molecule has 9 heteroatoms. The zero-order valence-corrected chi connectivity index (χ0v) is 28.7. The quantitative estimate of drug-likeness (QED) is 0.0782. The van der Waals surface area contributed by atoms with E-state index in [9.17, 15) is 18.0 Å². The molecule has 262 valence electrons. The van der Waals surface area contributed by atoms with E-state index in [1.54, 1.807) is 133 Å². The molecule has 0 amide bonds. The molecule has 8 nitrogen and oxygen atoms in total. The molecular weight excluding hydrogens is 661 g/mol. The summed E-state index contributed by atoms with van der Waals surface area (Å²) in [7, 11) is -4.09. The molecule has 0 unspecified atom stereocenters. The van der Waals surface area contributed by atoms with Crippen LogP contribution in [-0.4, -0.2) is 62.7 Å². The number of benzene rings is 5. The number of carbonyl (C=O) groups excluding carboxylic acids is 2. The van der Waals surface area contributed by atoms with Crippen LogP contribution in [0.5, 0.6) is 5.75 Å². The number of hydrogen-bond donors (Lipinski definition) is 0. The third kappa shape index (κ3) is 8.80. The first-order valence-corrected chi connectivity index (χ1v) is 18.2. The average molecular weight is 710 g/mol. The van der Waals surface area contributed by atoms with Gasteiger partial charge in [0.15, 0.2) is 0 Å². The van der Waals surface area contributed by atoms with Gasteiger partial charge in [0.1, 0.15) is 17.9 Å². The summed E-state index contributed by atoms with van der Waals surface area (Å²) in [5, 5.41) is 0. The Morgan fingerprint density at radius 1 is 0.765 bits per heavy atom. The first-order valence-electron chi connectivity index (χ1n) is 19.6. The Balaban J connectivity index is 1.53. The van der Waals surface area contributed by atoms with Gasteiger partial charge in [-0.3, -0.25) is 0 Å². The van der Waals surface area contributed by atoms with E-state index < -0.39 is 71.5 Å². The van der Waals surface area contributed by atoms with Crippen LogP contribution in [0.3, 0.4) is 0 Å². The van der Waals surface area contributed by atoms with Crippen molar-refractivity contribution in [3.05, 3.63) is 173 Å². The lowest BCUT2D eigenvalue weighted by Crippen LogP contribution is -2.59. The zero-order chi connectivity index (χ0) is 40.9. The Labute approximate surface area is 309 Å². The maximum atomic E-state index is 14.2. The fraction of sp³-hybridized carbons (Fsp3) is 0.238. The number of sulfonamides is 1. The molecule has 6 rings (SSSR count). The van der Waals surface area contributed by atoms with Crippen LogP contribution in [-0.2, 0) is 32.7 Å². The highest BCUT2D eigenvalue weighted by molar-refractivity contribution is 7.88. The van der Waals surface area contributed by atoms with Gasteiger partial charge in [0.2, 0.25) is 10.0 Å². The molecule has 0 saturated carbocycles. The van der Waals surface area contributed by atoms with E-state index in [1.807, 2.05) is 0 Å². The second-order valence-corrected chi connectivity index (χ2v) is 14.7. The van der Waals surface area contributed by atoms with Gasteiger partial charge in [-0.25, -0.2) is 22.3 Å². The third-order valence-electron chi connectivity index (χ3n) is 9.06. The number of ether oxygens (including phenoxy) is 2. The van der Waals surface area contributed by atoms with E-state index >= 15 is 0 Å². The molecule has 0 N–H and O–H groups in total. The maximum absolute atomic E-state index is 14.2. The van der Waals surface area contributed by atoms with E-state index in [-0.39, 0.29) is 41.2 Å². The van der Waals surface area contributed by atoms with Gasteiger partial charge in [-0.05, 0) is 47.5 Å². The van der Waals surface area contributed by atoms with Gasteiger partial charge in [0, 0.05) is 25.1 Å². The van der Waals surface area contributed by atoms with Crippen LogP contribution >= 0.6 is 0 Å². The van der Waals surface area contributed by atoms with Gasteiger partial charge in [0.05, 0.1) is 51.5 Å². The molecule has 1 heterocycles. The van der Waals surface area contributed by atoms with Crippen LogP contribution in [0.2, 0.25) is 0 Å². The Morgan fingerprint density at radius 2 is 1.33 bits per heavy atom.